The number of alkyl halides is 2. The summed E-state index contributed by atoms with van der Waals surface area (Å²) in [7, 11) is 1.19. The minimum Gasteiger partial charge on any atom is -0.468 e. The van der Waals surface area contributed by atoms with Crippen molar-refractivity contribution in [3.05, 3.63) is 0 Å². The molecule has 1 fully saturated rings. The smallest absolute Gasteiger partial charge is 0.322 e. The summed E-state index contributed by atoms with van der Waals surface area (Å²) in [5, 5.41) is 0. The van der Waals surface area contributed by atoms with Crippen molar-refractivity contribution in [2.75, 3.05) is 7.11 Å². The largest absolute Gasteiger partial charge is 0.468 e. The van der Waals surface area contributed by atoms with Gasteiger partial charge in [0.05, 0.1) is 7.11 Å². The van der Waals surface area contributed by atoms with Crippen LogP contribution in [0.3, 0.4) is 0 Å². The molecular weight excluding hydrogens is 168 g/mol. The maximum Gasteiger partial charge on any atom is 0.322 e. The molecule has 3 nitrogen and oxygen atoms in total. The lowest BCUT2D eigenvalue weighted by Crippen LogP contribution is -2.49. The summed E-state index contributed by atoms with van der Waals surface area (Å²) in [6, 6.07) is -0.894. The Morgan fingerprint density at radius 2 is 2.17 bits per heavy atom. The topological polar surface area (TPSA) is 52.3 Å². The molecule has 0 heterocycles. The van der Waals surface area contributed by atoms with E-state index in [9.17, 15) is 13.6 Å². The van der Waals surface area contributed by atoms with Crippen molar-refractivity contribution >= 4 is 5.97 Å². The predicted octanol–water partition coefficient (Wildman–Crippen LogP) is 0.532. The minimum atomic E-state index is -2.63. The van der Waals surface area contributed by atoms with Crippen molar-refractivity contribution in [2.45, 2.75) is 24.8 Å². The number of halogens is 2. The van der Waals surface area contributed by atoms with Crippen LogP contribution >= 0.6 is 0 Å². The van der Waals surface area contributed by atoms with E-state index in [1.54, 1.807) is 0 Å². The number of carbonyl (C=O) groups excluding carboxylic acids is 1. The van der Waals surface area contributed by atoms with E-state index in [1.165, 1.54) is 7.11 Å². The molecule has 0 saturated heterocycles. The Morgan fingerprint density at radius 3 is 2.50 bits per heavy atom. The Bertz CT molecular complexity index is 188. The monoisotopic (exact) mass is 179 g/mol. The molecule has 0 radical (unpaired) electrons. The molecule has 1 unspecified atom stereocenters. The molecular formula is C7H11F2NO2. The van der Waals surface area contributed by atoms with Gasteiger partial charge in [0, 0.05) is 12.8 Å². The maximum absolute atomic E-state index is 12.3. The number of rotatable bonds is 2. The first-order valence-electron chi connectivity index (χ1n) is 3.67. The summed E-state index contributed by atoms with van der Waals surface area (Å²) < 4.78 is 28.9. The molecule has 0 bridgehead atoms. The van der Waals surface area contributed by atoms with Gasteiger partial charge in [-0.25, -0.2) is 8.78 Å². The molecule has 0 aromatic heterocycles. The average molecular weight is 179 g/mol. The fourth-order valence-electron chi connectivity index (χ4n) is 1.29. The lowest BCUT2D eigenvalue weighted by Gasteiger charge is -2.37. The average Bonchev–Trinajstić information content (AvgIpc) is 1.97. The molecule has 2 N–H and O–H groups in total. The van der Waals surface area contributed by atoms with Crippen molar-refractivity contribution in [1.82, 2.24) is 0 Å². The highest BCUT2D eigenvalue weighted by atomic mass is 19.3. The second-order valence-electron chi connectivity index (χ2n) is 3.07. The highest BCUT2D eigenvalue weighted by Gasteiger charge is 2.49. The first kappa shape index (κ1) is 9.38. The molecule has 0 aliphatic heterocycles. The van der Waals surface area contributed by atoms with Gasteiger partial charge in [-0.1, -0.05) is 0 Å². The summed E-state index contributed by atoms with van der Waals surface area (Å²) in [4.78, 5) is 10.8. The van der Waals surface area contributed by atoms with E-state index >= 15 is 0 Å². The fraction of sp³-hybridized carbons (Fsp3) is 0.857. The van der Waals surface area contributed by atoms with Crippen LogP contribution < -0.4 is 5.73 Å². The molecule has 0 spiro atoms. The third kappa shape index (κ3) is 1.72. The third-order valence-electron chi connectivity index (χ3n) is 2.10. The van der Waals surface area contributed by atoms with Crippen LogP contribution in [0, 0.1) is 5.92 Å². The number of hydrogen-bond donors (Lipinski definition) is 1. The van der Waals surface area contributed by atoms with Crippen LogP contribution in [-0.4, -0.2) is 25.0 Å². The first-order chi connectivity index (χ1) is 5.46. The molecule has 5 heteroatoms. The van der Waals surface area contributed by atoms with Gasteiger partial charge in [0.2, 0.25) is 5.92 Å². The maximum atomic E-state index is 12.3. The summed E-state index contributed by atoms with van der Waals surface area (Å²) in [5.74, 6) is -3.67. The third-order valence-corrected chi connectivity index (χ3v) is 2.10. The zero-order valence-corrected chi connectivity index (χ0v) is 6.72. The number of nitrogens with two attached hydrogens (primary N) is 1. The van der Waals surface area contributed by atoms with E-state index in [1.807, 2.05) is 0 Å². The molecule has 1 rings (SSSR count). The number of ether oxygens (including phenoxy) is 1. The second kappa shape index (κ2) is 2.97. The Labute approximate surface area is 68.9 Å². The number of hydrogen-bond acceptors (Lipinski definition) is 3. The first-order valence-corrected chi connectivity index (χ1v) is 3.67. The molecule has 0 aromatic carbocycles. The fourth-order valence-corrected chi connectivity index (χ4v) is 1.29. The molecule has 0 amide bonds. The molecule has 1 aliphatic carbocycles. The SMILES string of the molecule is COC(=O)C(N)C1CC(F)(F)C1. The highest BCUT2D eigenvalue weighted by molar-refractivity contribution is 5.75. The Balaban J connectivity index is 2.38. The van der Waals surface area contributed by atoms with Crippen LogP contribution in [-0.2, 0) is 9.53 Å². The van der Waals surface area contributed by atoms with Crippen molar-refractivity contribution in [3.8, 4) is 0 Å². The predicted molar refractivity (Wildman–Crippen MR) is 37.7 cm³/mol. The number of carbonyl (C=O) groups is 1. The number of methoxy groups -OCH3 is 1. The van der Waals surface area contributed by atoms with Gasteiger partial charge in [0.25, 0.3) is 0 Å². The summed E-state index contributed by atoms with van der Waals surface area (Å²) >= 11 is 0. The zero-order valence-electron chi connectivity index (χ0n) is 6.72. The van der Waals surface area contributed by atoms with Gasteiger partial charge >= 0.3 is 5.97 Å². The van der Waals surface area contributed by atoms with Crippen LogP contribution in [0.1, 0.15) is 12.8 Å². The van der Waals surface area contributed by atoms with E-state index in [0.717, 1.165) is 0 Å². The van der Waals surface area contributed by atoms with Crippen LogP contribution in [0.4, 0.5) is 8.78 Å². The Morgan fingerprint density at radius 1 is 1.67 bits per heavy atom. The van der Waals surface area contributed by atoms with Crippen LogP contribution in [0.2, 0.25) is 0 Å². The van der Waals surface area contributed by atoms with Crippen molar-refractivity contribution in [1.29, 1.82) is 0 Å². The Hall–Kier alpha value is -0.710. The van der Waals surface area contributed by atoms with E-state index in [4.69, 9.17) is 5.73 Å². The van der Waals surface area contributed by atoms with Gasteiger partial charge in [-0.2, -0.15) is 0 Å². The molecule has 70 valence electrons. The molecule has 1 saturated carbocycles. The van der Waals surface area contributed by atoms with Crippen LogP contribution in [0.5, 0.6) is 0 Å². The normalized spacial score (nSPS) is 24.3. The van der Waals surface area contributed by atoms with Crippen molar-refractivity contribution < 1.29 is 18.3 Å². The highest BCUT2D eigenvalue weighted by Crippen LogP contribution is 2.43. The summed E-state index contributed by atoms with van der Waals surface area (Å²) in [5.41, 5.74) is 5.35. The molecule has 12 heavy (non-hydrogen) atoms. The molecule has 1 aliphatic rings. The minimum absolute atomic E-state index is 0.302. The lowest BCUT2D eigenvalue weighted by molar-refractivity contribution is -0.153. The van der Waals surface area contributed by atoms with Gasteiger partial charge in [0.1, 0.15) is 6.04 Å². The van der Waals surface area contributed by atoms with Crippen LogP contribution in [0.15, 0.2) is 0 Å². The van der Waals surface area contributed by atoms with Gasteiger partial charge in [0.15, 0.2) is 0 Å². The molecule has 0 aromatic rings. The van der Waals surface area contributed by atoms with E-state index in [0.29, 0.717) is 0 Å². The summed E-state index contributed by atoms with van der Waals surface area (Å²) in [6.45, 7) is 0. The number of esters is 1. The lowest BCUT2D eigenvalue weighted by atomic mass is 9.77. The van der Waals surface area contributed by atoms with Gasteiger partial charge in [-0.05, 0) is 5.92 Å². The van der Waals surface area contributed by atoms with E-state index < -0.39 is 23.9 Å². The standard InChI is InChI=1S/C7H11F2NO2/c1-12-6(11)5(10)4-2-7(8,9)3-4/h4-5H,2-3,10H2,1H3. The van der Waals surface area contributed by atoms with Crippen LogP contribution in [0.25, 0.3) is 0 Å². The molecule has 1 atom stereocenters. The zero-order chi connectivity index (χ0) is 9.35. The Kier molecular flexibility index (Phi) is 2.32. The second-order valence-corrected chi connectivity index (χ2v) is 3.07. The quantitative estimate of drug-likeness (QED) is 0.629. The van der Waals surface area contributed by atoms with Crippen molar-refractivity contribution in [2.24, 2.45) is 11.7 Å². The van der Waals surface area contributed by atoms with Gasteiger partial charge in [-0.15, -0.1) is 0 Å². The van der Waals surface area contributed by atoms with E-state index in [-0.39, 0.29) is 12.8 Å². The van der Waals surface area contributed by atoms with Gasteiger partial charge < -0.3 is 10.5 Å². The van der Waals surface area contributed by atoms with E-state index in [2.05, 4.69) is 4.74 Å². The van der Waals surface area contributed by atoms with Gasteiger partial charge in [-0.3, -0.25) is 4.79 Å². The van der Waals surface area contributed by atoms with Crippen molar-refractivity contribution in [3.63, 3.8) is 0 Å². The summed E-state index contributed by atoms with van der Waals surface area (Å²) in [6.07, 6.45) is -0.605.